The highest BCUT2D eigenvalue weighted by molar-refractivity contribution is 5.94. The summed E-state index contributed by atoms with van der Waals surface area (Å²) in [6, 6.07) is 16.8. The van der Waals surface area contributed by atoms with Gasteiger partial charge >= 0.3 is 0 Å². The van der Waals surface area contributed by atoms with Crippen molar-refractivity contribution < 1.29 is 9.90 Å². The van der Waals surface area contributed by atoms with Gasteiger partial charge < -0.3 is 10.4 Å². The summed E-state index contributed by atoms with van der Waals surface area (Å²) in [6.07, 6.45) is 0. The lowest BCUT2D eigenvalue weighted by Gasteiger charge is -2.18. The van der Waals surface area contributed by atoms with E-state index in [1.807, 2.05) is 36.4 Å². The molecule has 2 N–H and O–H groups in total. The molecule has 0 fully saturated rings. The van der Waals surface area contributed by atoms with Crippen molar-refractivity contribution in [3.8, 4) is 0 Å². The molecule has 104 valence electrons. The Morgan fingerprint density at radius 2 is 1.80 bits per heavy atom. The Hall–Kier alpha value is -2.13. The zero-order valence-corrected chi connectivity index (χ0v) is 11.8. The molecule has 0 atom stereocenters. The summed E-state index contributed by atoms with van der Waals surface area (Å²) < 4.78 is 0. The van der Waals surface area contributed by atoms with Crippen LogP contribution >= 0.6 is 0 Å². The van der Waals surface area contributed by atoms with E-state index in [4.69, 9.17) is 0 Å². The van der Waals surface area contributed by atoms with Gasteiger partial charge in [-0.1, -0.05) is 42.5 Å². The standard InChI is InChI=1S/C17H19NO2/c1-17(2,20)15-10-6-9-14(11-15)16(19)18-12-13-7-4-3-5-8-13/h3-11,20H,12H2,1-2H3,(H,18,19). The Morgan fingerprint density at radius 1 is 1.10 bits per heavy atom. The van der Waals surface area contributed by atoms with Gasteiger partial charge in [-0.3, -0.25) is 4.79 Å². The summed E-state index contributed by atoms with van der Waals surface area (Å²) in [5.41, 5.74) is 1.39. The van der Waals surface area contributed by atoms with Gasteiger partial charge in [0, 0.05) is 12.1 Å². The number of benzene rings is 2. The number of carbonyl (C=O) groups is 1. The van der Waals surface area contributed by atoms with Crippen LogP contribution in [0.25, 0.3) is 0 Å². The molecule has 0 spiro atoms. The fourth-order valence-electron chi connectivity index (χ4n) is 1.92. The van der Waals surface area contributed by atoms with Crippen molar-refractivity contribution >= 4 is 5.91 Å². The normalized spacial score (nSPS) is 11.2. The van der Waals surface area contributed by atoms with Gasteiger partial charge in [-0.05, 0) is 37.1 Å². The third kappa shape index (κ3) is 3.68. The number of carbonyl (C=O) groups excluding carboxylic acids is 1. The highest BCUT2D eigenvalue weighted by Crippen LogP contribution is 2.20. The average Bonchev–Trinajstić information content (AvgIpc) is 2.45. The Labute approximate surface area is 119 Å². The van der Waals surface area contributed by atoms with Crippen LogP contribution in [0.1, 0.15) is 35.3 Å². The zero-order chi connectivity index (χ0) is 14.6. The fourth-order valence-corrected chi connectivity index (χ4v) is 1.92. The first-order chi connectivity index (χ1) is 9.47. The van der Waals surface area contributed by atoms with Crippen LogP contribution < -0.4 is 5.32 Å². The summed E-state index contributed by atoms with van der Waals surface area (Å²) in [5.74, 6) is -0.139. The van der Waals surface area contributed by atoms with E-state index in [1.165, 1.54) is 0 Å². The molecule has 3 heteroatoms. The number of amides is 1. The molecular weight excluding hydrogens is 250 g/mol. The lowest BCUT2D eigenvalue weighted by Crippen LogP contribution is -2.24. The van der Waals surface area contributed by atoms with Gasteiger partial charge in [0.15, 0.2) is 0 Å². The number of rotatable bonds is 4. The van der Waals surface area contributed by atoms with Gasteiger partial charge in [0.2, 0.25) is 0 Å². The lowest BCUT2D eigenvalue weighted by atomic mass is 9.96. The summed E-state index contributed by atoms with van der Waals surface area (Å²) in [5, 5.41) is 12.8. The van der Waals surface area contributed by atoms with E-state index in [1.54, 1.807) is 32.0 Å². The Balaban J connectivity index is 2.06. The molecule has 0 aromatic heterocycles. The molecule has 0 aliphatic rings. The van der Waals surface area contributed by atoms with Gasteiger partial charge in [0.1, 0.15) is 0 Å². The van der Waals surface area contributed by atoms with E-state index in [0.717, 1.165) is 11.1 Å². The van der Waals surface area contributed by atoms with Crippen LogP contribution in [0.3, 0.4) is 0 Å². The second kappa shape index (κ2) is 5.88. The van der Waals surface area contributed by atoms with Crippen molar-refractivity contribution in [3.63, 3.8) is 0 Å². The summed E-state index contributed by atoms with van der Waals surface area (Å²) in [6.45, 7) is 3.90. The number of aliphatic hydroxyl groups is 1. The van der Waals surface area contributed by atoms with Gasteiger partial charge in [0.05, 0.1) is 5.60 Å². The molecular formula is C17H19NO2. The van der Waals surface area contributed by atoms with Crippen molar-refractivity contribution in [2.45, 2.75) is 26.0 Å². The molecule has 20 heavy (non-hydrogen) atoms. The Kier molecular flexibility index (Phi) is 4.20. The minimum atomic E-state index is -0.949. The molecule has 0 aliphatic carbocycles. The van der Waals surface area contributed by atoms with E-state index < -0.39 is 5.60 Å². The molecule has 0 radical (unpaired) electrons. The molecule has 0 unspecified atom stereocenters. The number of hydrogen-bond donors (Lipinski definition) is 2. The Morgan fingerprint density at radius 3 is 2.45 bits per heavy atom. The quantitative estimate of drug-likeness (QED) is 0.896. The van der Waals surface area contributed by atoms with Crippen molar-refractivity contribution in [1.29, 1.82) is 0 Å². The van der Waals surface area contributed by atoms with E-state index in [0.29, 0.717) is 12.1 Å². The van der Waals surface area contributed by atoms with Crippen LogP contribution in [0.4, 0.5) is 0 Å². The second-order valence-corrected chi connectivity index (χ2v) is 5.31. The highest BCUT2D eigenvalue weighted by Gasteiger charge is 2.17. The molecule has 0 heterocycles. The van der Waals surface area contributed by atoms with Crippen LogP contribution in [-0.2, 0) is 12.1 Å². The molecule has 2 aromatic rings. The largest absolute Gasteiger partial charge is 0.386 e. The van der Waals surface area contributed by atoms with Crippen molar-refractivity contribution in [2.24, 2.45) is 0 Å². The van der Waals surface area contributed by atoms with Crippen LogP contribution in [0, 0.1) is 0 Å². The van der Waals surface area contributed by atoms with E-state index in [2.05, 4.69) is 5.32 Å². The molecule has 3 nitrogen and oxygen atoms in total. The summed E-state index contributed by atoms with van der Waals surface area (Å²) >= 11 is 0. The summed E-state index contributed by atoms with van der Waals surface area (Å²) in [7, 11) is 0. The maximum absolute atomic E-state index is 12.1. The van der Waals surface area contributed by atoms with Crippen LogP contribution in [-0.4, -0.2) is 11.0 Å². The topological polar surface area (TPSA) is 49.3 Å². The van der Waals surface area contributed by atoms with Crippen molar-refractivity contribution in [1.82, 2.24) is 5.32 Å². The van der Waals surface area contributed by atoms with E-state index in [-0.39, 0.29) is 5.91 Å². The molecule has 0 aliphatic heterocycles. The third-order valence-electron chi connectivity index (χ3n) is 3.13. The molecule has 2 rings (SSSR count). The van der Waals surface area contributed by atoms with Gasteiger partial charge in [-0.15, -0.1) is 0 Å². The monoisotopic (exact) mass is 269 g/mol. The minimum absolute atomic E-state index is 0.139. The maximum atomic E-state index is 12.1. The van der Waals surface area contributed by atoms with Crippen molar-refractivity contribution in [3.05, 3.63) is 71.3 Å². The first-order valence-electron chi connectivity index (χ1n) is 6.62. The smallest absolute Gasteiger partial charge is 0.251 e. The second-order valence-electron chi connectivity index (χ2n) is 5.31. The highest BCUT2D eigenvalue weighted by atomic mass is 16.3. The Bertz CT molecular complexity index is 585. The zero-order valence-electron chi connectivity index (χ0n) is 11.8. The molecule has 0 bridgehead atoms. The van der Waals surface area contributed by atoms with E-state index >= 15 is 0 Å². The first kappa shape index (κ1) is 14.3. The summed E-state index contributed by atoms with van der Waals surface area (Å²) in [4.78, 5) is 12.1. The third-order valence-corrected chi connectivity index (χ3v) is 3.13. The maximum Gasteiger partial charge on any atom is 0.251 e. The predicted molar refractivity (Wildman–Crippen MR) is 79.3 cm³/mol. The SMILES string of the molecule is CC(C)(O)c1cccc(C(=O)NCc2ccccc2)c1. The van der Waals surface area contributed by atoms with Crippen LogP contribution in [0.5, 0.6) is 0 Å². The van der Waals surface area contributed by atoms with E-state index in [9.17, 15) is 9.90 Å². The number of hydrogen-bond acceptors (Lipinski definition) is 2. The number of nitrogens with one attached hydrogen (secondary N) is 1. The van der Waals surface area contributed by atoms with Crippen LogP contribution in [0.2, 0.25) is 0 Å². The van der Waals surface area contributed by atoms with Crippen LogP contribution in [0.15, 0.2) is 54.6 Å². The molecule has 1 amide bonds. The lowest BCUT2D eigenvalue weighted by molar-refractivity contribution is 0.0784. The molecule has 0 saturated heterocycles. The van der Waals surface area contributed by atoms with Gasteiger partial charge in [-0.2, -0.15) is 0 Å². The van der Waals surface area contributed by atoms with Crippen molar-refractivity contribution in [2.75, 3.05) is 0 Å². The first-order valence-corrected chi connectivity index (χ1v) is 6.62. The van der Waals surface area contributed by atoms with Gasteiger partial charge in [0.25, 0.3) is 5.91 Å². The molecule has 2 aromatic carbocycles. The average molecular weight is 269 g/mol. The predicted octanol–water partition coefficient (Wildman–Crippen LogP) is 2.84. The van der Waals surface area contributed by atoms with Gasteiger partial charge in [-0.25, -0.2) is 0 Å². The minimum Gasteiger partial charge on any atom is -0.386 e. The molecule has 0 saturated carbocycles. The fraction of sp³-hybridized carbons (Fsp3) is 0.235.